The van der Waals surface area contributed by atoms with Gasteiger partial charge in [0.2, 0.25) is 5.69 Å². The Kier molecular flexibility index (Phi) is 3.28. The molecule has 3 aromatic rings. The number of fused-ring (bicyclic) bond motifs is 1. The van der Waals surface area contributed by atoms with Crippen molar-refractivity contribution in [1.82, 2.24) is 0 Å². The van der Waals surface area contributed by atoms with Gasteiger partial charge in [-0.2, -0.15) is 17.9 Å². The molecule has 0 amide bonds. The van der Waals surface area contributed by atoms with Crippen LogP contribution in [-0.4, -0.2) is 0 Å². The summed E-state index contributed by atoms with van der Waals surface area (Å²) in [5.74, 6) is 0. The van der Waals surface area contributed by atoms with Gasteiger partial charge in [-0.1, -0.05) is 18.2 Å². The van der Waals surface area contributed by atoms with E-state index in [9.17, 15) is 18.4 Å². The molecule has 0 atom stereocenters. The molecule has 0 fully saturated rings. The fraction of sp³-hybridized carbons (Fsp3) is 0.118. The first-order valence-corrected chi connectivity index (χ1v) is 6.67. The fourth-order valence-electron chi connectivity index (χ4n) is 2.49. The first kappa shape index (κ1) is 14.4. The van der Waals surface area contributed by atoms with Gasteiger partial charge in [0, 0.05) is 18.6 Å². The van der Waals surface area contributed by atoms with Gasteiger partial charge in [-0.25, -0.2) is 0 Å². The topological polar surface area (TPSA) is 26.9 Å². The van der Waals surface area contributed by atoms with E-state index >= 15 is 0 Å². The van der Waals surface area contributed by atoms with Crippen molar-refractivity contribution in [3.8, 4) is 11.3 Å². The molecule has 22 heavy (non-hydrogen) atoms. The van der Waals surface area contributed by atoms with E-state index in [0.29, 0.717) is 27.7 Å². The van der Waals surface area contributed by atoms with E-state index < -0.39 is 11.7 Å². The van der Waals surface area contributed by atoms with E-state index in [2.05, 4.69) is 0 Å². The van der Waals surface area contributed by atoms with Gasteiger partial charge in [0.05, 0.1) is 10.9 Å². The maximum Gasteiger partial charge on any atom is 0.416 e. The quantitative estimate of drug-likeness (QED) is 0.481. The molecule has 0 saturated carbocycles. The summed E-state index contributed by atoms with van der Waals surface area (Å²) < 4.78 is 39.3. The highest BCUT2D eigenvalue weighted by atomic mass is 19.4. The van der Waals surface area contributed by atoms with E-state index in [-0.39, 0.29) is 0 Å². The Bertz CT molecular complexity index is 842. The van der Waals surface area contributed by atoms with Crippen LogP contribution in [0.4, 0.5) is 13.2 Å². The number of aryl methyl sites for hydroxylation is 1. The zero-order valence-corrected chi connectivity index (χ0v) is 11.7. The number of aromatic nitrogens is 1. The highest BCUT2D eigenvalue weighted by molar-refractivity contribution is 5.87. The molecule has 0 bridgehead atoms. The van der Waals surface area contributed by atoms with Crippen molar-refractivity contribution in [3.63, 3.8) is 0 Å². The predicted octanol–water partition coefficient (Wildman–Crippen LogP) is 4.47. The Hall–Kier alpha value is -2.56. The van der Waals surface area contributed by atoms with Crippen molar-refractivity contribution in [3.05, 3.63) is 71.1 Å². The third kappa shape index (κ3) is 2.39. The SMILES string of the molecule is Cc1c2ccc(C(F)(F)F)cc2cc(-c2ccccc2)[n+]1[O-]. The largest absolute Gasteiger partial charge is 0.618 e. The Balaban J connectivity index is 2.29. The van der Waals surface area contributed by atoms with Gasteiger partial charge in [0.15, 0.2) is 5.69 Å². The molecule has 1 heterocycles. The van der Waals surface area contributed by atoms with Crippen LogP contribution in [0.2, 0.25) is 0 Å². The summed E-state index contributed by atoms with van der Waals surface area (Å²) in [5, 5.41) is 13.3. The lowest BCUT2D eigenvalue weighted by molar-refractivity contribution is -0.599. The van der Waals surface area contributed by atoms with Crippen LogP contribution in [0.25, 0.3) is 22.0 Å². The van der Waals surface area contributed by atoms with Crippen LogP contribution in [-0.2, 0) is 6.18 Å². The van der Waals surface area contributed by atoms with E-state index in [4.69, 9.17) is 0 Å². The summed E-state index contributed by atoms with van der Waals surface area (Å²) in [4.78, 5) is 0. The summed E-state index contributed by atoms with van der Waals surface area (Å²) in [6.45, 7) is 1.61. The summed E-state index contributed by atoms with van der Waals surface area (Å²) in [6, 6.07) is 13.8. The van der Waals surface area contributed by atoms with E-state index in [1.54, 1.807) is 31.2 Å². The van der Waals surface area contributed by atoms with E-state index in [1.807, 2.05) is 6.07 Å². The van der Waals surface area contributed by atoms with Crippen molar-refractivity contribution in [1.29, 1.82) is 0 Å². The van der Waals surface area contributed by atoms with Crippen molar-refractivity contribution in [2.75, 3.05) is 0 Å². The van der Waals surface area contributed by atoms with Crippen LogP contribution in [0.1, 0.15) is 11.3 Å². The monoisotopic (exact) mass is 303 g/mol. The molecule has 2 nitrogen and oxygen atoms in total. The first-order chi connectivity index (χ1) is 10.4. The maximum absolute atomic E-state index is 12.9. The molecule has 1 aromatic heterocycles. The molecule has 0 unspecified atom stereocenters. The van der Waals surface area contributed by atoms with Crippen molar-refractivity contribution < 1.29 is 17.9 Å². The number of pyridine rings is 1. The van der Waals surface area contributed by atoms with Gasteiger partial charge < -0.3 is 5.21 Å². The van der Waals surface area contributed by atoms with Crippen LogP contribution < -0.4 is 4.73 Å². The summed E-state index contributed by atoms with van der Waals surface area (Å²) >= 11 is 0. The average Bonchev–Trinajstić information content (AvgIpc) is 2.50. The number of halogens is 3. The lowest BCUT2D eigenvalue weighted by atomic mass is 10.0. The number of alkyl halides is 3. The third-order valence-corrected chi connectivity index (χ3v) is 3.65. The molecule has 0 N–H and O–H groups in total. The first-order valence-electron chi connectivity index (χ1n) is 6.67. The standard InChI is InChI=1S/C17H12F3NO/c1-11-15-8-7-14(17(18,19)20)9-13(15)10-16(21(11)22)12-5-3-2-4-6-12/h2-10H,1H3. The van der Waals surface area contributed by atoms with Crippen LogP contribution in [0.5, 0.6) is 0 Å². The molecule has 3 rings (SSSR count). The Morgan fingerprint density at radius 2 is 1.64 bits per heavy atom. The van der Waals surface area contributed by atoms with Crippen molar-refractivity contribution in [2.24, 2.45) is 0 Å². The minimum atomic E-state index is -4.40. The number of hydrogen-bond donors (Lipinski definition) is 0. The zero-order chi connectivity index (χ0) is 15.9. The predicted molar refractivity (Wildman–Crippen MR) is 78.1 cm³/mol. The second-order valence-corrected chi connectivity index (χ2v) is 5.08. The van der Waals surface area contributed by atoms with Gasteiger partial charge in [-0.3, -0.25) is 0 Å². The molecule has 112 valence electrons. The fourth-order valence-corrected chi connectivity index (χ4v) is 2.49. The average molecular weight is 303 g/mol. The number of hydrogen-bond acceptors (Lipinski definition) is 1. The number of nitrogens with zero attached hydrogens (tertiary/aromatic N) is 1. The molecule has 0 aliphatic heterocycles. The van der Waals surface area contributed by atoms with Gasteiger partial charge in [0.25, 0.3) is 0 Å². The van der Waals surface area contributed by atoms with Crippen LogP contribution in [0.15, 0.2) is 54.6 Å². The van der Waals surface area contributed by atoms with Crippen LogP contribution in [0, 0.1) is 12.1 Å². The highest BCUT2D eigenvalue weighted by Gasteiger charge is 2.31. The van der Waals surface area contributed by atoms with E-state index in [0.717, 1.165) is 16.9 Å². The van der Waals surface area contributed by atoms with Gasteiger partial charge >= 0.3 is 6.18 Å². The van der Waals surface area contributed by atoms with E-state index in [1.165, 1.54) is 12.1 Å². The molecule has 0 radical (unpaired) electrons. The molecule has 0 aliphatic rings. The van der Waals surface area contributed by atoms with Crippen molar-refractivity contribution >= 4 is 10.8 Å². The molecule has 0 aliphatic carbocycles. The Morgan fingerprint density at radius 3 is 2.27 bits per heavy atom. The highest BCUT2D eigenvalue weighted by Crippen LogP contribution is 2.32. The Morgan fingerprint density at radius 1 is 0.955 bits per heavy atom. The van der Waals surface area contributed by atoms with Crippen LogP contribution >= 0.6 is 0 Å². The normalized spacial score (nSPS) is 11.8. The van der Waals surface area contributed by atoms with Crippen LogP contribution in [0.3, 0.4) is 0 Å². The van der Waals surface area contributed by atoms with Gasteiger partial charge in [-0.15, -0.1) is 0 Å². The molecular weight excluding hydrogens is 291 g/mol. The number of benzene rings is 2. The molecule has 0 spiro atoms. The second-order valence-electron chi connectivity index (χ2n) is 5.08. The molecule has 0 saturated heterocycles. The van der Waals surface area contributed by atoms with Gasteiger partial charge in [-0.05, 0) is 35.7 Å². The maximum atomic E-state index is 12.9. The second kappa shape index (κ2) is 5.02. The minimum Gasteiger partial charge on any atom is -0.618 e. The lowest BCUT2D eigenvalue weighted by Gasteiger charge is -2.12. The third-order valence-electron chi connectivity index (χ3n) is 3.65. The summed E-state index contributed by atoms with van der Waals surface area (Å²) in [5.41, 5.74) is 0.664. The van der Waals surface area contributed by atoms with Gasteiger partial charge in [0.1, 0.15) is 0 Å². The number of rotatable bonds is 1. The molecule has 5 heteroatoms. The minimum absolute atomic E-state index is 0.338. The smallest absolute Gasteiger partial charge is 0.416 e. The summed E-state index contributed by atoms with van der Waals surface area (Å²) in [7, 11) is 0. The van der Waals surface area contributed by atoms with Crippen molar-refractivity contribution in [2.45, 2.75) is 13.1 Å². The Labute approximate surface area is 125 Å². The molecule has 2 aromatic carbocycles. The summed E-state index contributed by atoms with van der Waals surface area (Å²) in [6.07, 6.45) is -4.40. The lowest BCUT2D eigenvalue weighted by Crippen LogP contribution is -2.33. The molecular formula is C17H12F3NO. The zero-order valence-electron chi connectivity index (χ0n) is 11.7.